The van der Waals surface area contributed by atoms with Gasteiger partial charge < -0.3 is 14.7 Å². The minimum absolute atomic E-state index is 0.0629. The molecule has 0 spiro atoms. The Kier molecular flexibility index (Phi) is 5.78. The van der Waals surface area contributed by atoms with E-state index in [2.05, 4.69) is 68.1 Å². The van der Waals surface area contributed by atoms with Crippen molar-refractivity contribution in [3.8, 4) is 11.1 Å². The summed E-state index contributed by atoms with van der Waals surface area (Å²) in [6.45, 7) is 4.77. The molecule has 3 aromatic carbocycles. The van der Waals surface area contributed by atoms with Gasteiger partial charge in [-0.2, -0.15) is 0 Å². The highest BCUT2D eigenvalue weighted by Gasteiger charge is 2.29. The van der Waals surface area contributed by atoms with Gasteiger partial charge in [-0.3, -0.25) is 9.78 Å². The average Bonchev–Trinajstić information content (AvgIpc) is 3.30. The second-order valence-corrected chi connectivity index (χ2v) is 10.2. The second-order valence-electron chi connectivity index (χ2n) is 9.37. The molecule has 35 heavy (non-hydrogen) atoms. The number of rotatable bonds is 3. The summed E-state index contributed by atoms with van der Waals surface area (Å²) in [6.07, 6.45) is 4.48. The number of fused-ring (bicyclic) bond motifs is 2. The van der Waals surface area contributed by atoms with Gasteiger partial charge in [0, 0.05) is 60.8 Å². The maximum Gasteiger partial charge on any atom is 0.258 e. The Morgan fingerprint density at radius 1 is 0.857 bits per heavy atom. The number of pyridine rings is 1. The molecule has 1 saturated heterocycles. The minimum atomic E-state index is 0.0629. The van der Waals surface area contributed by atoms with E-state index < -0.39 is 0 Å². The van der Waals surface area contributed by atoms with Gasteiger partial charge in [0.2, 0.25) is 0 Å². The number of hydrogen-bond acceptors (Lipinski definition) is 4. The molecule has 2 aliphatic heterocycles. The normalized spacial score (nSPS) is 16.1. The molecule has 6 rings (SSSR count). The first-order valence-corrected chi connectivity index (χ1v) is 12.9. The van der Waals surface area contributed by atoms with E-state index in [9.17, 15) is 4.79 Å². The van der Waals surface area contributed by atoms with Crippen molar-refractivity contribution >= 4 is 44.0 Å². The molecule has 4 aromatic rings. The molecule has 1 amide bonds. The summed E-state index contributed by atoms with van der Waals surface area (Å²) in [6, 6.07) is 20.7. The predicted molar refractivity (Wildman–Crippen MR) is 146 cm³/mol. The molecule has 176 valence electrons. The Labute approximate surface area is 214 Å². The van der Waals surface area contributed by atoms with E-state index in [0.717, 1.165) is 70.2 Å². The van der Waals surface area contributed by atoms with E-state index in [1.807, 2.05) is 35.2 Å². The Morgan fingerprint density at radius 3 is 2.40 bits per heavy atom. The molecule has 6 heteroatoms. The molecule has 0 unspecified atom stereocenters. The number of aromatic nitrogens is 1. The largest absolute Gasteiger partial charge is 0.368 e. The highest BCUT2D eigenvalue weighted by atomic mass is 79.9. The van der Waals surface area contributed by atoms with E-state index in [1.165, 1.54) is 11.3 Å². The van der Waals surface area contributed by atoms with Crippen molar-refractivity contribution < 1.29 is 4.79 Å². The van der Waals surface area contributed by atoms with Crippen LogP contribution in [-0.4, -0.2) is 55.6 Å². The molecule has 0 N–H and O–H groups in total. The topological polar surface area (TPSA) is 39.7 Å². The summed E-state index contributed by atoms with van der Waals surface area (Å²) in [5.41, 5.74) is 6.39. The van der Waals surface area contributed by atoms with Crippen molar-refractivity contribution in [1.29, 1.82) is 0 Å². The van der Waals surface area contributed by atoms with Crippen LogP contribution in [-0.2, 0) is 6.42 Å². The Bertz CT molecular complexity index is 1410. The van der Waals surface area contributed by atoms with Gasteiger partial charge in [-0.15, -0.1) is 0 Å². The van der Waals surface area contributed by atoms with Crippen molar-refractivity contribution in [3.05, 3.63) is 88.7 Å². The molecule has 1 aromatic heterocycles. The van der Waals surface area contributed by atoms with Crippen LogP contribution < -0.4 is 9.80 Å². The van der Waals surface area contributed by atoms with Crippen LogP contribution in [0.4, 0.5) is 11.4 Å². The lowest BCUT2D eigenvalue weighted by Gasteiger charge is -2.35. The van der Waals surface area contributed by atoms with Gasteiger partial charge in [0.1, 0.15) is 0 Å². The zero-order chi connectivity index (χ0) is 23.9. The van der Waals surface area contributed by atoms with Crippen LogP contribution in [0.1, 0.15) is 15.9 Å². The maximum absolute atomic E-state index is 14.0. The molecule has 0 atom stereocenters. The summed E-state index contributed by atoms with van der Waals surface area (Å²) in [7, 11) is 2.17. The van der Waals surface area contributed by atoms with E-state index in [4.69, 9.17) is 0 Å². The van der Waals surface area contributed by atoms with Crippen molar-refractivity contribution in [1.82, 2.24) is 9.88 Å². The number of likely N-dealkylation sites (N-methyl/N-ethyl adjacent to an activating group) is 1. The summed E-state index contributed by atoms with van der Waals surface area (Å²) in [4.78, 5) is 24.9. The number of carbonyl (C=O) groups is 1. The first-order valence-electron chi connectivity index (χ1n) is 12.1. The lowest BCUT2D eigenvalue weighted by Crippen LogP contribution is -2.44. The zero-order valence-corrected chi connectivity index (χ0v) is 21.3. The van der Waals surface area contributed by atoms with Crippen LogP contribution in [0.25, 0.3) is 21.9 Å². The Hall–Kier alpha value is -3.22. The molecule has 5 nitrogen and oxygen atoms in total. The fraction of sp³-hybridized carbons (Fsp3) is 0.241. The van der Waals surface area contributed by atoms with Crippen molar-refractivity contribution in [2.45, 2.75) is 6.42 Å². The Balaban J connectivity index is 1.38. The molecule has 1 fully saturated rings. The average molecular weight is 527 g/mol. The number of piperazine rings is 1. The number of nitrogens with zero attached hydrogens (tertiary/aromatic N) is 4. The summed E-state index contributed by atoms with van der Waals surface area (Å²) >= 11 is 3.80. The van der Waals surface area contributed by atoms with E-state index >= 15 is 0 Å². The number of carbonyl (C=O) groups excluding carboxylic acids is 1. The molecule has 0 bridgehead atoms. The lowest BCUT2D eigenvalue weighted by molar-refractivity contribution is 0.0991. The van der Waals surface area contributed by atoms with Crippen molar-refractivity contribution in [3.63, 3.8) is 0 Å². The van der Waals surface area contributed by atoms with Gasteiger partial charge in [0.05, 0.1) is 5.69 Å². The van der Waals surface area contributed by atoms with Gasteiger partial charge in [-0.25, -0.2) is 0 Å². The molecule has 3 heterocycles. The van der Waals surface area contributed by atoms with Crippen LogP contribution >= 0.6 is 15.9 Å². The van der Waals surface area contributed by atoms with Crippen LogP contribution in [0.3, 0.4) is 0 Å². The van der Waals surface area contributed by atoms with Gasteiger partial charge in [0.25, 0.3) is 5.91 Å². The van der Waals surface area contributed by atoms with Gasteiger partial charge in [-0.05, 0) is 87.2 Å². The quantitative estimate of drug-likeness (QED) is 0.347. The fourth-order valence-electron chi connectivity index (χ4n) is 5.32. The van der Waals surface area contributed by atoms with E-state index in [-0.39, 0.29) is 5.91 Å². The number of halogens is 1. The fourth-order valence-corrected chi connectivity index (χ4v) is 5.96. The number of anilines is 2. The number of hydrogen-bond donors (Lipinski definition) is 0. The van der Waals surface area contributed by atoms with Crippen molar-refractivity contribution in [2.75, 3.05) is 49.6 Å². The molecular weight excluding hydrogens is 500 g/mol. The molecule has 2 aliphatic rings. The van der Waals surface area contributed by atoms with Crippen LogP contribution in [0.2, 0.25) is 0 Å². The van der Waals surface area contributed by atoms with Crippen LogP contribution in [0.15, 0.2) is 77.5 Å². The van der Waals surface area contributed by atoms with Gasteiger partial charge in [-0.1, -0.05) is 30.3 Å². The highest BCUT2D eigenvalue weighted by molar-refractivity contribution is 9.10. The molecule has 0 aliphatic carbocycles. The third kappa shape index (κ3) is 4.01. The Morgan fingerprint density at radius 2 is 1.60 bits per heavy atom. The van der Waals surface area contributed by atoms with Crippen LogP contribution in [0.5, 0.6) is 0 Å². The molecule has 0 saturated carbocycles. The van der Waals surface area contributed by atoms with E-state index in [1.54, 1.807) is 12.4 Å². The summed E-state index contributed by atoms with van der Waals surface area (Å²) in [5, 5.41) is 2.06. The maximum atomic E-state index is 14.0. The smallest absolute Gasteiger partial charge is 0.258 e. The first-order chi connectivity index (χ1) is 17.1. The van der Waals surface area contributed by atoms with Crippen LogP contribution in [0, 0.1) is 0 Å². The van der Waals surface area contributed by atoms with Gasteiger partial charge in [0.15, 0.2) is 0 Å². The minimum Gasteiger partial charge on any atom is -0.368 e. The lowest BCUT2D eigenvalue weighted by atomic mass is 9.95. The monoisotopic (exact) mass is 526 g/mol. The van der Waals surface area contributed by atoms with Crippen molar-refractivity contribution in [2.24, 2.45) is 0 Å². The first kappa shape index (κ1) is 22.3. The third-order valence-corrected chi connectivity index (χ3v) is 7.91. The third-order valence-electron chi connectivity index (χ3n) is 7.28. The SMILES string of the molecule is CN1CCN(c2cc3c(cc2Br)CCN3C(=O)c2cccc3c(-c4ccncc4)cccc23)CC1. The number of benzene rings is 3. The highest BCUT2D eigenvalue weighted by Crippen LogP contribution is 2.39. The molecule has 0 radical (unpaired) electrons. The standard InChI is InChI=1S/C29H27BrN4O/c1-32-14-16-33(17-15-32)28-19-27-21(18-26(28)30)10-13-34(27)29(35)25-7-3-5-23-22(4-2-6-24(23)25)20-8-11-31-12-9-20/h2-9,11-12,18-19H,10,13-17H2,1H3. The number of amides is 1. The second kappa shape index (κ2) is 9.10. The zero-order valence-electron chi connectivity index (χ0n) is 19.7. The summed E-state index contributed by atoms with van der Waals surface area (Å²) < 4.78 is 1.11. The molecular formula is C29H27BrN4O. The van der Waals surface area contributed by atoms with Gasteiger partial charge >= 0.3 is 0 Å². The predicted octanol–water partition coefficient (Wildman–Crippen LogP) is 5.62. The van der Waals surface area contributed by atoms with E-state index in [0.29, 0.717) is 6.54 Å². The summed E-state index contributed by atoms with van der Waals surface area (Å²) in [5.74, 6) is 0.0629.